The monoisotopic (exact) mass is 287 g/mol. The van der Waals surface area contributed by atoms with Crippen LogP contribution in [-0.2, 0) is 4.79 Å². The molecular weight excluding hydrogens is 266 g/mol. The minimum absolute atomic E-state index is 0.0383. The maximum Gasteiger partial charge on any atom is 0.224 e. The van der Waals surface area contributed by atoms with Crippen molar-refractivity contribution in [3.63, 3.8) is 0 Å². The van der Waals surface area contributed by atoms with Crippen molar-refractivity contribution in [1.29, 1.82) is 5.26 Å². The third kappa shape index (κ3) is 3.70. The Kier molecular flexibility index (Phi) is 5.12. The second kappa shape index (κ2) is 7.04. The van der Waals surface area contributed by atoms with Gasteiger partial charge in [-0.1, -0.05) is 0 Å². The Morgan fingerprint density at radius 3 is 3.14 bits per heavy atom. The number of amides is 1. The molecule has 6 nitrogen and oxygen atoms in total. The summed E-state index contributed by atoms with van der Waals surface area (Å²) in [6.45, 7) is 4.27. The normalized spacial score (nSPS) is 18.1. The first kappa shape index (κ1) is 15.3. The Hall–Kier alpha value is -2.13. The second-order valence-electron chi connectivity index (χ2n) is 5.30. The van der Waals surface area contributed by atoms with E-state index in [9.17, 15) is 10.1 Å². The summed E-state index contributed by atoms with van der Waals surface area (Å²) in [5.41, 5.74) is 6.84. The molecule has 1 aromatic heterocycles. The van der Waals surface area contributed by atoms with Gasteiger partial charge in [-0.25, -0.2) is 4.98 Å². The molecule has 0 aliphatic carbocycles. The van der Waals surface area contributed by atoms with Crippen LogP contribution >= 0.6 is 0 Å². The van der Waals surface area contributed by atoms with Crippen molar-refractivity contribution in [2.24, 2.45) is 11.7 Å². The predicted octanol–water partition coefficient (Wildman–Crippen LogP) is 0.553. The number of piperidine rings is 1. The van der Waals surface area contributed by atoms with E-state index in [1.807, 2.05) is 17.9 Å². The van der Waals surface area contributed by atoms with Crippen LogP contribution in [0, 0.1) is 24.2 Å². The maximum atomic E-state index is 12.1. The van der Waals surface area contributed by atoms with Gasteiger partial charge in [-0.15, -0.1) is 0 Å². The number of hydrogen-bond donors (Lipinski definition) is 2. The van der Waals surface area contributed by atoms with Gasteiger partial charge in [-0.3, -0.25) is 4.79 Å². The second-order valence-corrected chi connectivity index (χ2v) is 5.30. The lowest BCUT2D eigenvalue weighted by Gasteiger charge is -2.33. The number of nitrogens with one attached hydrogen (secondary N) is 1. The number of aromatic nitrogens is 1. The molecule has 0 bridgehead atoms. The highest BCUT2D eigenvalue weighted by atomic mass is 16.1. The van der Waals surface area contributed by atoms with Gasteiger partial charge in [0.1, 0.15) is 11.9 Å². The highest BCUT2D eigenvalue weighted by Gasteiger charge is 2.27. The van der Waals surface area contributed by atoms with E-state index in [1.165, 1.54) is 0 Å². The lowest BCUT2D eigenvalue weighted by molar-refractivity contribution is -0.125. The molecule has 1 unspecified atom stereocenters. The number of rotatable bonds is 4. The van der Waals surface area contributed by atoms with Crippen molar-refractivity contribution in [2.75, 3.05) is 31.1 Å². The zero-order chi connectivity index (χ0) is 15.2. The summed E-state index contributed by atoms with van der Waals surface area (Å²) >= 11 is 0. The molecule has 21 heavy (non-hydrogen) atoms. The number of pyridine rings is 1. The number of anilines is 1. The van der Waals surface area contributed by atoms with Gasteiger partial charge < -0.3 is 16.0 Å². The summed E-state index contributed by atoms with van der Waals surface area (Å²) in [6.07, 6.45) is 1.78. The molecule has 112 valence electrons. The maximum absolute atomic E-state index is 12.1. The Morgan fingerprint density at radius 1 is 1.62 bits per heavy atom. The van der Waals surface area contributed by atoms with Crippen LogP contribution in [0.3, 0.4) is 0 Å². The van der Waals surface area contributed by atoms with Crippen LogP contribution in [0.5, 0.6) is 0 Å². The first-order valence-electron chi connectivity index (χ1n) is 7.26. The van der Waals surface area contributed by atoms with E-state index in [2.05, 4.69) is 16.4 Å². The van der Waals surface area contributed by atoms with Crippen LogP contribution in [0.15, 0.2) is 12.1 Å². The summed E-state index contributed by atoms with van der Waals surface area (Å²) in [4.78, 5) is 18.6. The third-order valence-corrected chi connectivity index (χ3v) is 3.67. The van der Waals surface area contributed by atoms with E-state index in [1.54, 1.807) is 6.07 Å². The minimum Gasteiger partial charge on any atom is -0.355 e. The van der Waals surface area contributed by atoms with E-state index in [0.717, 1.165) is 25.1 Å². The molecule has 1 aliphatic rings. The molecule has 0 aromatic carbocycles. The summed E-state index contributed by atoms with van der Waals surface area (Å²) in [7, 11) is 0. The molecule has 3 N–H and O–H groups in total. The number of aryl methyl sites for hydroxylation is 1. The van der Waals surface area contributed by atoms with Gasteiger partial charge in [0.2, 0.25) is 5.91 Å². The molecule has 1 fully saturated rings. The number of carbonyl (C=O) groups is 1. The zero-order valence-electron chi connectivity index (χ0n) is 12.3. The van der Waals surface area contributed by atoms with Crippen LogP contribution in [0.1, 0.15) is 24.1 Å². The number of nitrogens with zero attached hydrogens (tertiary/aromatic N) is 3. The average molecular weight is 287 g/mol. The highest BCUT2D eigenvalue weighted by molar-refractivity contribution is 5.79. The average Bonchev–Trinajstić information content (AvgIpc) is 2.52. The minimum atomic E-state index is -0.0702. The SMILES string of the molecule is Cc1ccc(C#N)c(N2CCCC(C(=O)NCCN)C2)n1. The lowest BCUT2D eigenvalue weighted by Crippen LogP contribution is -2.44. The van der Waals surface area contributed by atoms with E-state index < -0.39 is 0 Å². The number of hydrogen-bond acceptors (Lipinski definition) is 5. The van der Waals surface area contributed by atoms with Gasteiger partial charge in [-0.05, 0) is 31.9 Å². The standard InChI is InChI=1S/C15H21N5O/c1-11-4-5-12(9-17)14(19-11)20-8-2-3-13(10-20)15(21)18-7-6-16/h4-5,13H,2-3,6-8,10,16H2,1H3,(H,18,21). The van der Waals surface area contributed by atoms with Gasteiger partial charge in [0.25, 0.3) is 0 Å². The molecule has 1 aliphatic heterocycles. The van der Waals surface area contributed by atoms with E-state index in [4.69, 9.17) is 5.73 Å². The van der Waals surface area contributed by atoms with Crippen LogP contribution < -0.4 is 16.0 Å². The Labute approximate surface area is 124 Å². The van der Waals surface area contributed by atoms with Gasteiger partial charge in [-0.2, -0.15) is 5.26 Å². The molecule has 6 heteroatoms. The van der Waals surface area contributed by atoms with Crippen LogP contribution in [-0.4, -0.2) is 37.1 Å². The molecule has 2 heterocycles. The lowest BCUT2D eigenvalue weighted by atomic mass is 9.96. The molecule has 0 saturated carbocycles. The largest absolute Gasteiger partial charge is 0.355 e. The molecule has 1 saturated heterocycles. The first-order valence-corrected chi connectivity index (χ1v) is 7.26. The number of carbonyl (C=O) groups excluding carboxylic acids is 1. The molecule has 1 amide bonds. The van der Waals surface area contributed by atoms with E-state index >= 15 is 0 Å². The first-order chi connectivity index (χ1) is 10.2. The summed E-state index contributed by atoms with van der Waals surface area (Å²) < 4.78 is 0. The van der Waals surface area contributed by atoms with E-state index in [-0.39, 0.29) is 11.8 Å². The van der Waals surface area contributed by atoms with Crippen LogP contribution in [0.4, 0.5) is 5.82 Å². The number of nitriles is 1. The van der Waals surface area contributed by atoms with Gasteiger partial charge in [0, 0.05) is 31.9 Å². The van der Waals surface area contributed by atoms with Gasteiger partial charge in [0.05, 0.1) is 11.5 Å². The number of nitrogens with two attached hydrogens (primary N) is 1. The van der Waals surface area contributed by atoms with Crippen LogP contribution in [0.25, 0.3) is 0 Å². The smallest absolute Gasteiger partial charge is 0.224 e. The van der Waals surface area contributed by atoms with Crippen molar-refractivity contribution >= 4 is 11.7 Å². The van der Waals surface area contributed by atoms with Crippen molar-refractivity contribution in [3.05, 3.63) is 23.4 Å². The molecule has 2 rings (SSSR count). The Morgan fingerprint density at radius 2 is 2.43 bits per heavy atom. The van der Waals surface area contributed by atoms with Crippen LogP contribution in [0.2, 0.25) is 0 Å². The quantitative estimate of drug-likeness (QED) is 0.843. The molecular formula is C15H21N5O. The van der Waals surface area contributed by atoms with Crippen molar-refractivity contribution < 1.29 is 4.79 Å². The Bertz CT molecular complexity index is 551. The van der Waals surface area contributed by atoms with Crippen molar-refractivity contribution in [1.82, 2.24) is 10.3 Å². The van der Waals surface area contributed by atoms with Crippen molar-refractivity contribution in [3.8, 4) is 6.07 Å². The fourth-order valence-corrected chi connectivity index (χ4v) is 2.59. The molecule has 0 spiro atoms. The summed E-state index contributed by atoms with van der Waals surface area (Å²) in [6, 6.07) is 5.80. The molecule has 0 radical (unpaired) electrons. The van der Waals surface area contributed by atoms with Gasteiger partial charge >= 0.3 is 0 Å². The fraction of sp³-hybridized carbons (Fsp3) is 0.533. The fourth-order valence-electron chi connectivity index (χ4n) is 2.59. The molecule has 1 aromatic rings. The third-order valence-electron chi connectivity index (χ3n) is 3.67. The highest BCUT2D eigenvalue weighted by Crippen LogP contribution is 2.24. The Balaban J connectivity index is 2.13. The van der Waals surface area contributed by atoms with Crippen molar-refractivity contribution in [2.45, 2.75) is 19.8 Å². The topological polar surface area (TPSA) is 95.0 Å². The predicted molar refractivity (Wildman–Crippen MR) is 80.7 cm³/mol. The summed E-state index contributed by atoms with van der Waals surface area (Å²) in [5, 5.41) is 12.1. The summed E-state index contributed by atoms with van der Waals surface area (Å²) in [5.74, 6) is 0.657. The zero-order valence-corrected chi connectivity index (χ0v) is 12.3. The van der Waals surface area contributed by atoms with E-state index in [0.29, 0.717) is 31.0 Å². The molecule has 1 atom stereocenters. The van der Waals surface area contributed by atoms with Gasteiger partial charge in [0.15, 0.2) is 0 Å².